The Morgan fingerprint density at radius 1 is 1.11 bits per heavy atom. The number of nitrogens with one attached hydrogen (secondary N) is 1. The smallest absolute Gasteiger partial charge is 0.323 e. The molecule has 0 aliphatic heterocycles. The number of hydrogen-bond acceptors (Lipinski definition) is 6. The molecule has 6 nitrogen and oxygen atoms in total. The largest absolute Gasteiger partial charge is 0.493 e. The summed E-state index contributed by atoms with van der Waals surface area (Å²) in [6, 6.07) is 3.49. The second-order valence-electron chi connectivity index (χ2n) is 3.33. The zero-order valence-corrected chi connectivity index (χ0v) is 11.0. The first-order chi connectivity index (χ1) is 8.71. The van der Waals surface area contributed by atoms with Crippen molar-refractivity contribution < 1.29 is 14.2 Å². The van der Waals surface area contributed by atoms with Gasteiger partial charge in [0, 0.05) is 11.5 Å². The van der Waals surface area contributed by atoms with Crippen molar-refractivity contribution in [1.29, 1.82) is 0 Å². The lowest BCUT2D eigenvalue weighted by Gasteiger charge is -2.14. The Kier molecular flexibility index (Phi) is 3.52. The van der Waals surface area contributed by atoms with Gasteiger partial charge in [-0.1, -0.05) is 0 Å². The average molecular weight is 268 g/mol. The monoisotopic (exact) mass is 268 g/mol. The van der Waals surface area contributed by atoms with Crippen LogP contribution in [0.5, 0.6) is 17.2 Å². The first-order valence-corrected chi connectivity index (χ1v) is 5.84. The van der Waals surface area contributed by atoms with E-state index < -0.39 is 0 Å². The van der Waals surface area contributed by atoms with Crippen LogP contribution in [0.2, 0.25) is 0 Å². The zero-order valence-electron chi connectivity index (χ0n) is 10.1. The number of benzene rings is 1. The number of methoxy groups -OCH3 is 3. The van der Waals surface area contributed by atoms with E-state index in [4.69, 9.17) is 14.2 Å². The lowest BCUT2D eigenvalue weighted by molar-refractivity contribution is 0.325. The molecule has 2 aromatic rings. The molecule has 2 rings (SSSR count). The Labute approximate surface area is 107 Å². The number of aromatic nitrogens is 2. The van der Waals surface area contributed by atoms with Gasteiger partial charge in [0.2, 0.25) is 5.75 Å². The minimum Gasteiger partial charge on any atom is -0.493 e. The van der Waals surface area contributed by atoms with Gasteiger partial charge in [0.05, 0.1) is 26.9 Å². The third kappa shape index (κ3) is 2.04. The highest BCUT2D eigenvalue weighted by Crippen LogP contribution is 2.43. The highest BCUT2D eigenvalue weighted by atomic mass is 32.1. The fraction of sp³-hybridized carbons (Fsp3) is 0.273. The van der Waals surface area contributed by atoms with E-state index >= 15 is 0 Å². The number of H-pyrrole nitrogens is 1. The second kappa shape index (κ2) is 5.09. The van der Waals surface area contributed by atoms with Crippen LogP contribution in [0, 0.1) is 0 Å². The zero-order chi connectivity index (χ0) is 13.1. The summed E-state index contributed by atoms with van der Waals surface area (Å²) >= 11 is 0.853. The quantitative estimate of drug-likeness (QED) is 0.910. The molecule has 0 saturated carbocycles. The van der Waals surface area contributed by atoms with Crippen molar-refractivity contribution in [2.24, 2.45) is 0 Å². The van der Waals surface area contributed by atoms with Gasteiger partial charge in [-0.25, -0.2) is 0 Å². The van der Waals surface area contributed by atoms with Gasteiger partial charge in [-0.05, 0) is 12.1 Å². The summed E-state index contributed by atoms with van der Waals surface area (Å²) in [5.41, 5.74) is 0.647. The van der Waals surface area contributed by atoms with Gasteiger partial charge >= 0.3 is 4.87 Å². The van der Waals surface area contributed by atoms with Crippen molar-refractivity contribution in [1.82, 2.24) is 9.36 Å². The first-order valence-electron chi connectivity index (χ1n) is 5.06. The van der Waals surface area contributed by atoms with E-state index in [0.29, 0.717) is 28.6 Å². The first kappa shape index (κ1) is 12.4. The molecule has 7 heteroatoms. The highest BCUT2D eigenvalue weighted by Gasteiger charge is 2.18. The van der Waals surface area contributed by atoms with Gasteiger partial charge in [-0.15, -0.1) is 0 Å². The summed E-state index contributed by atoms with van der Waals surface area (Å²) in [4.78, 5) is 13.6. The minimum atomic E-state index is -0.221. The number of hydrogen-bond donors (Lipinski definition) is 1. The van der Waals surface area contributed by atoms with Gasteiger partial charge < -0.3 is 14.2 Å². The molecule has 1 aromatic carbocycles. The van der Waals surface area contributed by atoms with E-state index in [1.54, 1.807) is 19.2 Å². The lowest BCUT2D eigenvalue weighted by Crippen LogP contribution is -1.98. The topological polar surface area (TPSA) is 73.4 Å². The standard InChI is InChI=1S/C11H12N2O4S/c1-15-7-5-4-6(8(16-2)9(7)17-3)10-12-11(14)18-13-10/h4-5H,1-3H3,(H,12,13,14). The van der Waals surface area contributed by atoms with Crippen molar-refractivity contribution in [3.05, 3.63) is 21.8 Å². The van der Waals surface area contributed by atoms with E-state index in [9.17, 15) is 4.79 Å². The molecule has 1 N–H and O–H groups in total. The SMILES string of the molecule is COc1ccc(-c2nsc(=O)[nH]2)c(OC)c1OC. The predicted octanol–water partition coefficient (Wildman–Crippen LogP) is 1.52. The number of aromatic amines is 1. The summed E-state index contributed by atoms with van der Waals surface area (Å²) in [6.45, 7) is 0. The van der Waals surface area contributed by atoms with Crippen LogP contribution in [0.4, 0.5) is 0 Å². The Morgan fingerprint density at radius 2 is 1.83 bits per heavy atom. The van der Waals surface area contributed by atoms with Crippen LogP contribution in [0.15, 0.2) is 16.9 Å². The third-order valence-electron chi connectivity index (χ3n) is 2.40. The molecule has 0 amide bonds. The van der Waals surface area contributed by atoms with Gasteiger partial charge in [-0.2, -0.15) is 4.37 Å². The van der Waals surface area contributed by atoms with Crippen LogP contribution in [0.25, 0.3) is 11.4 Å². The van der Waals surface area contributed by atoms with E-state index in [1.165, 1.54) is 14.2 Å². The van der Waals surface area contributed by atoms with Crippen LogP contribution < -0.4 is 19.1 Å². The van der Waals surface area contributed by atoms with E-state index in [1.807, 2.05) is 0 Å². The van der Waals surface area contributed by atoms with Crippen LogP contribution in [0.3, 0.4) is 0 Å². The molecule has 0 aliphatic rings. The number of ether oxygens (including phenoxy) is 3. The maximum atomic E-state index is 11.1. The van der Waals surface area contributed by atoms with Gasteiger partial charge in [-0.3, -0.25) is 9.78 Å². The van der Waals surface area contributed by atoms with Gasteiger partial charge in [0.25, 0.3) is 0 Å². The second-order valence-corrected chi connectivity index (χ2v) is 4.06. The summed E-state index contributed by atoms with van der Waals surface area (Å²) in [5.74, 6) is 1.93. The van der Waals surface area contributed by atoms with Crippen molar-refractivity contribution in [3.63, 3.8) is 0 Å². The fourth-order valence-electron chi connectivity index (χ4n) is 1.63. The molecular weight excluding hydrogens is 256 g/mol. The maximum absolute atomic E-state index is 11.1. The van der Waals surface area contributed by atoms with E-state index in [2.05, 4.69) is 9.36 Å². The molecule has 0 atom stereocenters. The minimum absolute atomic E-state index is 0.221. The molecule has 0 bridgehead atoms. The molecular formula is C11H12N2O4S. The Balaban J connectivity index is 2.65. The summed E-state index contributed by atoms with van der Waals surface area (Å²) in [5, 5.41) is 0. The normalized spacial score (nSPS) is 10.2. The Hall–Kier alpha value is -2.02. The van der Waals surface area contributed by atoms with Crippen molar-refractivity contribution >= 4 is 11.5 Å². The third-order valence-corrected chi connectivity index (χ3v) is 2.94. The van der Waals surface area contributed by atoms with Crippen molar-refractivity contribution in [2.45, 2.75) is 0 Å². The molecule has 18 heavy (non-hydrogen) atoms. The molecule has 0 radical (unpaired) electrons. The summed E-state index contributed by atoms with van der Waals surface area (Å²) in [6.07, 6.45) is 0. The predicted molar refractivity (Wildman–Crippen MR) is 67.8 cm³/mol. The average Bonchev–Trinajstić information content (AvgIpc) is 2.83. The number of nitrogens with zero attached hydrogens (tertiary/aromatic N) is 1. The van der Waals surface area contributed by atoms with Crippen molar-refractivity contribution in [2.75, 3.05) is 21.3 Å². The van der Waals surface area contributed by atoms with Crippen molar-refractivity contribution in [3.8, 4) is 28.6 Å². The van der Waals surface area contributed by atoms with E-state index in [-0.39, 0.29) is 4.87 Å². The van der Waals surface area contributed by atoms with Gasteiger partial charge in [0.15, 0.2) is 17.3 Å². The Bertz CT molecular complexity index is 605. The molecule has 96 valence electrons. The summed E-state index contributed by atoms with van der Waals surface area (Å²) < 4.78 is 19.8. The Morgan fingerprint density at radius 3 is 2.33 bits per heavy atom. The van der Waals surface area contributed by atoms with Crippen LogP contribution in [0.1, 0.15) is 0 Å². The summed E-state index contributed by atoms with van der Waals surface area (Å²) in [7, 11) is 4.58. The van der Waals surface area contributed by atoms with Crippen LogP contribution >= 0.6 is 11.5 Å². The molecule has 0 aliphatic carbocycles. The van der Waals surface area contributed by atoms with E-state index in [0.717, 1.165) is 11.5 Å². The van der Waals surface area contributed by atoms with Crippen LogP contribution in [-0.2, 0) is 0 Å². The lowest BCUT2D eigenvalue weighted by atomic mass is 10.1. The maximum Gasteiger partial charge on any atom is 0.323 e. The molecule has 0 spiro atoms. The molecule has 1 heterocycles. The highest BCUT2D eigenvalue weighted by molar-refractivity contribution is 7.03. The van der Waals surface area contributed by atoms with Gasteiger partial charge in [0.1, 0.15) is 0 Å². The molecule has 1 aromatic heterocycles. The van der Waals surface area contributed by atoms with Crippen LogP contribution in [-0.4, -0.2) is 30.7 Å². The molecule has 0 unspecified atom stereocenters. The molecule has 0 fully saturated rings. The number of rotatable bonds is 4. The fourth-order valence-corrected chi connectivity index (χ4v) is 2.09. The molecule has 0 saturated heterocycles.